The molecule has 0 spiro atoms. The predicted molar refractivity (Wildman–Crippen MR) is 126 cm³/mol. The molecule has 0 aliphatic rings. The van der Waals surface area contributed by atoms with Crippen molar-refractivity contribution in [3.05, 3.63) is 132 Å². The maximum atomic E-state index is 12.9. The van der Waals surface area contributed by atoms with E-state index >= 15 is 0 Å². The SMILES string of the molecule is C=C(c1ccccc1)c1cc(-c2ccccc2)cc(C)c1NC(=O)c1ccccc1. The van der Waals surface area contributed by atoms with Gasteiger partial charge < -0.3 is 5.32 Å². The van der Waals surface area contributed by atoms with E-state index in [1.165, 1.54) is 0 Å². The molecule has 30 heavy (non-hydrogen) atoms. The summed E-state index contributed by atoms with van der Waals surface area (Å²) in [6.45, 7) is 6.38. The summed E-state index contributed by atoms with van der Waals surface area (Å²) < 4.78 is 0. The van der Waals surface area contributed by atoms with Gasteiger partial charge in [0.25, 0.3) is 5.91 Å². The number of aryl methyl sites for hydroxylation is 1. The van der Waals surface area contributed by atoms with E-state index in [4.69, 9.17) is 0 Å². The zero-order chi connectivity index (χ0) is 20.9. The highest BCUT2D eigenvalue weighted by Gasteiger charge is 2.16. The van der Waals surface area contributed by atoms with E-state index in [0.717, 1.165) is 39.1 Å². The Morgan fingerprint density at radius 2 is 1.23 bits per heavy atom. The molecule has 0 aliphatic carbocycles. The number of carbonyl (C=O) groups excluding carboxylic acids is 1. The van der Waals surface area contributed by atoms with Gasteiger partial charge in [-0.15, -0.1) is 0 Å². The van der Waals surface area contributed by atoms with Gasteiger partial charge in [-0.05, 0) is 59.0 Å². The third-order valence-corrected chi connectivity index (χ3v) is 5.16. The Balaban J connectivity index is 1.82. The van der Waals surface area contributed by atoms with Crippen LogP contribution in [0.15, 0.2) is 110 Å². The van der Waals surface area contributed by atoms with Gasteiger partial charge in [-0.2, -0.15) is 0 Å². The average Bonchev–Trinajstić information content (AvgIpc) is 2.81. The summed E-state index contributed by atoms with van der Waals surface area (Å²) in [6, 6.07) is 33.8. The first-order valence-corrected chi connectivity index (χ1v) is 9.94. The first-order valence-electron chi connectivity index (χ1n) is 9.94. The minimum atomic E-state index is -0.131. The number of hydrogen-bond donors (Lipinski definition) is 1. The largest absolute Gasteiger partial charge is 0.321 e. The Labute approximate surface area is 177 Å². The van der Waals surface area contributed by atoms with Crippen LogP contribution in [0.3, 0.4) is 0 Å². The Morgan fingerprint density at radius 3 is 1.83 bits per heavy atom. The van der Waals surface area contributed by atoms with Crippen LogP contribution in [-0.4, -0.2) is 5.91 Å². The first-order chi connectivity index (χ1) is 14.6. The molecule has 1 amide bonds. The van der Waals surface area contributed by atoms with Crippen LogP contribution >= 0.6 is 0 Å². The maximum Gasteiger partial charge on any atom is 0.255 e. The second-order valence-electron chi connectivity index (χ2n) is 7.25. The molecule has 0 heterocycles. The number of anilines is 1. The van der Waals surface area contributed by atoms with E-state index in [9.17, 15) is 4.79 Å². The van der Waals surface area contributed by atoms with Crippen molar-refractivity contribution in [2.75, 3.05) is 5.32 Å². The minimum absolute atomic E-state index is 0.131. The van der Waals surface area contributed by atoms with Crippen molar-refractivity contribution in [2.24, 2.45) is 0 Å². The highest BCUT2D eigenvalue weighted by atomic mass is 16.1. The molecule has 2 heteroatoms. The van der Waals surface area contributed by atoms with Crippen LogP contribution in [0.2, 0.25) is 0 Å². The summed E-state index contributed by atoms with van der Waals surface area (Å²) >= 11 is 0. The fourth-order valence-electron chi connectivity index (χ4n) is 3.56. The lowest BCUT2D eigenvalue weighted by Gasteiger charge is -2.18. The molecule has 0 fully saturated rings. The summed E-state index contributed by atoms with van der Waals surface area (Å²) in [5.74, 6) is -0.131. The molecule has 0 bridgehead atoms. The van der Waals surface area contributed by atoms with Crippen LogP contribution in [-0.2, 0) is 0 Å². The predicted octanol–water partition coefficient (Wildman–Crippen LogP) is 6.98. The van der Waals surface area contributed by atoms with Crippen LogP contribution in [0.4, 0.5) is 5.69 Å². The summed E-state index contributed by atoms with van der Waals surface area (Å²) in [5.41, 5.74) is 7.45. The molecule has 4 aromatic carbocycles. The molecular weight excluding hydrogens is 366 g/mol. The number of benzene rings is 4. The van der Waals surface area contributed by atoms with Crippen molar-refractivity contribution >= 4 is 17.2 Å². The van der Waals surface area contributed by atoms with Gasteiger partial charge in [0.1, 0.15) is 0 Å². The lowest BCUT2D eigenvalue weighted by atomic mass is 9.91. The van der Waals surface area contributed by atoms with Crippen LogP contribution in [0.1, 0.15) is 27.0 Å². The molecule has 1 N–H and O–H groups in total. The van der Waals surface area contributed by atoms with Crippen LogP contribution in [0.25, 0.3) is 16.7 Å². The van der Waals surface area contributed by atoms with Crippen molar-refractivity contribution < 1.29 is 4.79 Å². The summed E-state index contributed by atoms with van der Waals surface area (Å²) in [5, 5.41) is 3.12. The number of amides is 1. The quantitative estimate of drug-likeness (QED) is 0.392. The third kappa shape index (κ3) is 4.08. The molecule has 0 atom stereocenters. The van der Waals surface area contributed by atoms with Crippen LogP contribution < -0.4 is 5.32 Å². The molecule has 2 nitrogen and oxygen atoms in total. The van der Waals surface area contributed by atoms with Gasteiger partial charge in [-0.25, -0.2) is 0 Å². The van der Waals surface area contributed by atoms with E-state index in [-0.39, 0.29) is 5.91 Å². The molecular formula is C28H23NO. The van der Waals surface area contributed by atoms with Gasteiger partial charge in [0.2, 0.25) is 0 Å². The van der Waals surface area contributed by atoms with Crippen LogP contribution in [0.5, 0.6) is 0 Å². The van der Waals surface area contributed by atoms with Crippen molar-refractivity contribution in [2.45, 2.75) is 6.92 Å². The summed E-state index contributed by atoms with van der Waals surface area (Å²) in [6.07, 6.45) is 0. The standard InChI is InChI=1S/C28H23NO/c1-20-18-25(23-14-8-4-9-15-23)19-26(21(2)22-12-6-3-7-13-22)27(20)29-28(30)24-16-10-5-11-17-24/h3-19H,2H2,1H3,(H,29,30). The van der Waals surface area contributed by atoms with Crippen molar-refractivity contribution in [3.8, 4) is 11.1 Å². The van der Waals surface area contributed by atoms with Gasteiger partial charge in [0, 0.05) is 11.1 Å². The molecule has 0 radical (unpaired) electrons. The van der Waals surface area contributed by atoms with E-state index < -0.39 is 0 Å². The molecule has 146 valence electrons. The van der Waals surface area contributed by atoms with Gasteiger partial charge in [0.15, 0.2) is 0 Å². The topological polar surface area (TPSA) is 29.1 Å². The fraction of sp³-hybridized carbons (Fsp3) is 0.0357. The molecule has 4 aromatic rings. The van der Waals surface area contributed by atoms with E-state index in [0.29, 0.717) is 5.56 Å². The van der Waals surface area contributed by atoms with Crippen molar-refractivity contribution in [1.29, 1.82) is 0 Å². The second-order valence-corrected chi connectivity index (χ2v) is 7.25. The second kappa shape index (κ2) is 8.62. The average molecular weight is 389 g/mol. The lowest BCUT2D eigenvalue weighted by molar-refractivity contribution is 0.102. The van der Waals surface area contributed by atoms with Gasteiger partial charge >= 0.3 is 0 Å². The Morgan fingerprint density at radius 1 is 0.700 bits per heavy atom. The smallest absolute Gasteiger partial charge is 0.255 e. The minimum Gasteiger partial charge on any atom is -0.321 e. The summed E-state index contributed by atoms with van der Waals surface area (Å²) in [7, 11) is 0. The third-order valence-electron chi connectivity index (χ3n) is 5.16. The maximum absolute atomic E-state index is 12.9. The number of hydrogen-bond acceptors (Lipinski definition) is 1. The molecule has 0 unspecified atom stereocenters. The number of carbonyl (C=O) groups is 1. The zero-order valence-electron chi connectivity index (χ0n) is 16.9. The Bertz CT molecular complexity index is 1180. The monoisotopic (exact) mass is 389 g/mol. The molecule has 0 saturated carbocycles. The molecule has 0 aliphatic heterocycles. The fourth-order valence-corrected chi connectivity index (χ4v) is 3.56. The van der Waals surface area contributed by atoms with Crippen molar-refractivity contribution in [1.82, 2.24) is 0 Å². The lowest BCUT2D eigenvalue weighted by Crippen LogP contribution is -2.14. The highest BCUT2D eigenvalue weighted by Crippen LogP contribution is 2.35. The van der Waals surface area contributed by atoms with Gasteiger partial charge in [-0.1, -0.05) is 85.4 Å². The van der Waals surface area contributed by atoms with E-state index in [2.05, 4.69) is 36.2 Å². The first kappa shape index (κ1) is 19.4. The number of nitrogens with one attached hydrogen (secondary N) is 1. The van der Waals surface area contributed by atoms with Gasteiger partial charge in [0.05, 0.1) is 5.69 Å². The van der Waals surface area contributed by atoms with Gasteiger partial charge in [-0.3, -0.25) is 4.79 Å². The molecule has 4 rings (SSSR count). The van der Waals surface area contributed by atoms with E-state index in [1.54, 1.807) is 0 Å². The molecule has 0 aromatic heterocycles. The number of rotatable bonds is 5. The Hall–Kier alpha value is -3.91. The van der Waals surface area contributed by atoms with E-state index in [1.807, 2.05) is 85.8 Å². The zero-order valence-corrected chi connectivity index (χ0v) is 16.9. The Kier molecular flexibility index (Phi) is 5.58. The van der Waals surface area contributed by atoms with Crippen LogP contribution in [0, 0.1) is 6.92 Å². The summed E-state index contributed by atoms with van der Waals surface area (Å²) in [4.78, 5) is 12.9. The van der Waals surface area contributed by atoms with Crippen molar-refractivity contribution in [3.63, 3.8) is 0 Å². The molecule has 0 saturated heterocycles. The highest BCUT2D eigenvalue weighted by molar-refractivity contribution is 6.07. The normalized spacial score (nSPS) is 10.4.